The Morgan fingerprint density at radius 1 is 0.938 bits per heavy atom. The van der Waals surface area contributed by atoms with E-state index < -0.39 is 24.0 Å². The fourth-order valence-electron chi connectivity index (χ4n) is 3.95. The average Bonchev–Trinajstić information content (AvgIpc) is 3.06. The van der Waals surface area contributed by atoms with Gasteiger partial charge in [0, 0.05) is 6.54 Å². The molecule has 4 rings (SSSR count). The highest BCUT2D eigenvalue weighted by molar-refractivity contribution is 6.21. The summed E-state index contributed by atoms with van der Waals surface area (Å²) in [6, 6.07) is 20.2. The van der Waals surface area contributed by atoms with Crippen LogP contribution in [0.3, 0.4) is 0 Å². The molecule has 3 aromatic rings. The number of imide groups is 1. The second-order valence-corrected chi connectivity index (χ2v) is 7.89. The van der Waals surface area contributed by atoms with Gasteiger partial charge in [-0.25, -0.2) is 0 Å². The number of hydrogen-bond donors (Lipinski definition) is 3. The summed E-state index contributed by atoms with van der Waals surface area (Å²) >= 11 is 0. The molecule has 3 aromatic carbocycles. The highest BCUT2D eigenvalue weighted by Crippen LogP contribution is 2.22. The predicted octanol–water partition coefficient (Wildman–Crippen LogP) is 1.74. The lowest BCUT2D eigenvalue weighted by atomic mass is 10.0. The van der Waals surface area contributed by atoms with Crippen molar-refractivity contribution in [1.29, 1.82) is 0 Å². The van der Waals surface area contributed by atoms with Crippen molar-refractivity contribution in [2.45, 2.75) is 18.6 Å². The van der Waals surface area contributed by atoms with Crippen molar-refractivity contribution in [3.63, 3.8) is 0 Å². The molecule has 0 saturated carbocycles. The Labute approximate surface area is 186 Å². The normalized spacial score (nSPS) is 15.0. The molecule has 0 saturated heterocycles. The number of fused-ring (bicyclic) bond motifs is 2. The minimum absolute atomic E-state index is 0.0673. The molecule has 0 spiro atoms. The molecule has 1 aliphatic rings. The number of likely N-dealkylation sites (N-methyl/N-ethyl adjacent to an activating group) is 1. The first kappa shape index (κ1) is 21.7. The molecule has 0 aliphatic carbocycles. The van der Waals surface area contributed by atoms with E-state index in [4.69, 9.17) is 0 Å². The van der Waals surface area contributed by atoms with Gasteiger partial charge in [0.05, 0.1) is 29.8 Å². The zero-order valence-electron chi connectivity index (χ0n) is 17.7. The van der Waals surface area contributed by atoms with E-state index in [1.54, 1.807) is 31.3 Å². The topological polar surface area (TPSA) is 98.7 Å². The molecule has 164 valence electrons. The molecule has 3 amide bonds. The zero-order chi connectivity index (χ0) is 22.7. The third kappa shape index (κ3) is 4.39. The summed E-state index contributed by atoms with van der Waals surface area (Å²) in [5, 5.41) is 18.3. The van der Waals surface area contributed by atoms with E-state index in [0.29, 0.717) is 17.5 Å². The van der Waals surface area contributed by atoms with Crippen LogP contribution in [0.4, 0.5) is 0 Å². The van der Waals surface area contributed by atoms with Crippen molar-refractivity contribution in [3.05, 3.63) is 83.4 Å². The van der Waals surface area contributed by atoms with Gasteiger partial charge < -0.3 is 15.7 Å². The van der Waals surface area contributed by atoms with Gasteiger partial charge in [-0.15, -0.1) is 0 Å². The first-order valence-corrected chi connectivity index (χ1v) is 10.5. The number of aliphatic hydroxyl groups excluding tert-OH is 1. The quantitative estimate of drug-likeness (QED) is 0.472. The Kier molecular flexibility index (Phi) is 6.30. The summed E-state index contributed by atoms with van der Waals surface area (Å²) in [7, 11) is 1.71. The fraction of sp³-hybridized carbons (Fsp3) is 0.240. The number of rotatable bonds is 8. The molecule has 0 radical (unpaired) electrons. The summed E-state index contributed by atoms with van der Waals surface area (Å²) in [5.74, 6) is -1.12. The van der Waals surface area contributed by atoms with Crippen LogP contribution in [0.15, 0.2) is 66.7 Å². The molecule has 3 N–H and O–H groups in total. The van der Waals surface area contributed by atoms with Crippen LogP contribution in [-0.2, 0) is 11.2 Å². The second-order valence-electron chi connectivity index (χ2n) is 7.89. The molecule has 0 fully saturated rings. The van der Waals surface area contributed by atoms with Gasteiger partial charge in [0.25, 0.3) is 11.8 Å². The smallest absolute Gasteiger partial charge is 0.261 e. The van der Waals surface area contributed by atoms with Crippen LogP contribution in [0.2, 0.25) is 0 Å². The van der Waals surface area contributed by atoms with Crippen LogP contribution < -0.4 is 10.6 Å². The van der Waals surface area contributed by atoms with E-state index in [2.05, 4.69) is 16.7 Å². The van der Waals surface area contributed by atoms with E-state index >= 15 is 0 Å². The summed E-state index contributed by atoms with van der Waals surface area (Å²) in [6.45, 7) is -0.246. The molecule has 32 heavy (non-hydrogen) atoms. The van der Waals surface area contributed by atoms with Gasteiger partial charge in [-0.2, -0.15) is 0 Å². The molecular formula is C25H25N3O4. The van der Waals surface area contributed by atoms with Crippen LogP contribution in [0.25, 0.3) is 10.8 Å². The van der Waals surface area contributed by atoms with Gasteiger partial charge in [0.15, 0.2) is 0 Å². The molecule has 0 bridgehead atoms. The molecule has 1 unspecified atom stereocenters. The van der Waals surface area contributed by atoms with Crippen LogP contribution >= 0.6 is 0 Å². The van der Waals surface area contributed by atoms with Crippen LogP contribution in [-0.4, -0.2) is 60.0 Å². The van der Waals surface area contributed by atoms with Crippen molar-refractivity contribution in [3.8, 4) is 0 Å². The SMILES string of the molecule is CN[C@H](Cc1ccc2ccccc2c1)C(=O)NCC(O)CN1C(=O)c2ccccc2C1=O. The van der Waals surface area contributed by atoms with Gasteiger partial charge in [-0.05, 0) is 41.9 Å². The number of benzene rings is 3. The van der Waals surface area contributed by atoms with Gasteiger partial charge in [0.1, 0.15) is 0 Å². The molecule has 7 nitrogen and oxygen atoms in total. The summed E-state index contributed by atoms with van der Waals surface area (Å²) in [6.07, 6.45) is -0.582. The Balaban J connectivity index is 1.32. The van der Waals surface area contributed by atoms with Crippen molar-refractivity contribution < 1.29 is 19.5 Å². The number of hydrogen-bond acceptors (Lipinski definition) is 5. The number of amides is 3. The lowest BCUT2D eigenvalue weighted by Crippen LogP contribution is -2.48. The standard InChI is InChI=1S/C25H25N3O4/c1-26-22(13-16-10-11-17-6-2-3-7-18(17)12-16)23(30)27-14-19(29)15-28-24(31)20-8-4-5-9-21(20)25(28)32/h2-12,19,22,26,29H,13-15H2,1H3,(H,27,30)/t19?,22-/m1/s1. The van der Waals surface area contributed by atoms with Crippen molar-refractivity contribution in [1.82, 2.24) is 15.5 Å². The van der Waals surface area contributed by atoms with Crippen molar-refractivity contribution in [2.24, 2.45) is 0 Å². The zero-order valence-corrected chi connectivity index (χ0v) is 17.7. The molecule has 1 heterocycles. The van der Waals surface area contributed by atoms with Crippen LogP contribution in [0, 0.1) is 0 Å². The third-order valence-corrected chi connectivity index (χ3v) is 5.70. The lowest BCUT2D eigenvalue weighted by Gasteiger charge is -2.21. The summed E-state index contributed by atoms with van der Waals surface area (Å²) < 4.78 is 0. The minimum atomic E-state index is -1.07. The highest BCUT2D eigenvalue weighted by atomic mass is 16.3. The molecule has 0 aromatic heterocycles. The fourth-order valence-corrected chi connectivity index (χ4v) is 3.95. The van der Waals surface area contributed by atoms with E-state index in [9.17, 15) is 19.5 Å². The van der Waals surface area contributed by atoms with Crippen LogP contribution in [0.5, 0.6) is 0 Å². The summed E-state index contributed by atoms with van der Waals surface area (Å²) in [5.41, 5.74) is 1.68. The van der Waals surface area contributed by atoms with Crippen molar-refractivity contribution in [2.75, 3.05) is 20.1 Å². The third-order valence-electron chi connectivity index (χ3n) is 5.70. The number of aliphatic hydroxyl groups is 1. The van der Waals surface area contributed by atoms with E-state index in [1.165, 1.54) is 0 Å². The Morgan fingerprint density at radius 2 is 1.56 bits per heavy atom. The van der Waals surface area contributed by atoms with Crippen LogP contribution in [0.1, 0.15) is 26.3 Å². The Hall–Kier alpha value is -3.55. The summed E-state index contributed by atoms with van der Waals surface area (Å²) in [4.78, 5) is 38.5. The monoisotopic (exact) mass is 431 g/mol. The maximum atomic E-state index is 12.7. The molecule has 7 heteroatoms. The Bertz CT molecular complexity index is 1140. The lowest BCUT2D eigenvalue weighted by molar-refractivity contribution is -0.123. The Morgan fingerprint density at radius 3 is 2.22 bits per heavy atom. The minimum Gasteiger partial charge on any atom is -0.389 e. The van der Waals surface area contributed by atoms with Gasteiger partial charge in [-0.1, -0.05) is 54.6 Å². The van der Waals surface area contributed by atoms with E-state index in [1.807, 2.05) is 36.4 Å². The number of carbonyl (C=O) groups is 3. The molecule has 2 atom stereocenters. The number of carbonyl (C=O) groups excluding carboxylic acids is 3. The van der Waals surface area contributed by atoms with E-state index in [-0.39, 0.29) is 19.0 Å². The van der Waals surface area contributed by atoms with E-state index in [0.717, 1.165) is 21.2 Å². The first-order valence-electron chi connectivity index (χ1n) is 10.5. The van der Waals surface area contributed by atoms with Gasteiger partial charge in [-0.3, -0.25) is 19.3 Å². The first-order chi connectivity index (χ1) is 15.5. The number of nitrogens with one attached hydrogen (secondary N) is 2. The van der Waals surface area contributed by atoms with Gasteiger partial charge >= 0.3 is 0 Å². The second kappa shape index (κ2) is 9.30. The maximum Gasteiger partial charge on any atom is 0.261 e. The average molecular weight is 431 g/mol. The van der Waals surface area contributed by atoms with Gasteiger partial charge in [0.2, 0.25) is 5.91 Å². The van der Waals surface area contributed by atoms with Crippen molar-refractivity contribution >= 4 is 28.5 Å². The largest absolute Gasteiger partial charge is 0.389 e. The maximum absolute atomic E-state index is 12.7. The molecular weight excluding hydrogens is 406 g/mol. The number of nitrogens with zero attached hydrogens (tertiary/aromatic N) is 1. The predicted molar refractivity (Wildman–Crippen MR) is 121 cm³/mol. The molecule has 1 aliphatic heterocycles. The number of β-amino-alcohol motifs (C(OH)–C–C–N with tert-alkyl or cyclic N) is 1. The highest BCUT2D eigenvalue weighted by Gasteiger charge is 2.36.